The van der Waals surface area contributed by atoms with E-state index < -0.39 is 12.0 Å². The van der Waals surface area contributed by atoms with Crippen molar-refractivity contribution in [3.05, 3.63) is 23.4 Å². The van der Waals surface area contributed by atoms with Crippen molar-refractivity contribution < 1.29 is 19.4 Å². The van der Waals surface area contributed by atoms with Crippen molar-refractivity contribution in [1.82, 2.24) is 15.2 Å². The molecule has 172 valence electrons. The summed E-state index contributed by atoms with van der Waals surface area (Å²) in [4.78, 5) is 29.8. The third-order valence-electron chi connectivity index (χ3n) is 6.40. The van der Waals surface area contributed by atoms with Crippen LogP contribution in [0.3, 0.4) is 0 Å². The molecule has 8 nitrogen and oxygen atoms in total. The van der Waals surface area contributed by atoms with E-state index in [9.17, 15) is 14.7 Å². The summed E-state index contributed by atoms with van der Waals surface area (Å²) < 4.78 is 5.85. The molecule has 1 saturated carbocycles. The SMILES string of the molecule is CC(C)N(C)C(=O)N[C@@H](CCOC1CC(CCc2ccc3c(n2)NCCC3)C1)C(=O)O. The third-order valence-corrected chi connectivity index (χ3v) is 6.40. The van der Waals surface area contributed by atoms with Gasteiger partial charge in [0.2, 0.25) is 0 Å². The Hall–Kier alpha value is -2.35. The number of carbonyl (C=O) groups is 2. The standard InChI is InChI=1S/C23H36N4O4/c1-15(2)27(3)23(30)26-20(22(28)29)10-12-31-19-13-16(14-19)6-8-18-9-7-17-5-4-11-24-21(17)25-18/h7,9,15-16,19-20H,4-6,8,10-14H2,1-3H3,(H,24,25)(H,26,30)(H,28,29)/t16?,19?,20-/m0/s1. The van der Waals surface area contributed by atoms with Gasteiger partial charge in [-0.25, -0.2) is 14.6 Å². The summed E-state index contributed by atoms with van der Waals surface area (Å²) >= 11 is 0. The van der Waals surface area contributed by atoms with Gasteiger partial charge in [-0.1, -0.05) is 6.07 Å². The Bertz CT molecular complexity index is 764. The second kappa shape index (κ2) is 10.8. The van der Waals surface area contributed by atoms with E-state index in [2.05, 4.69) is 22.8 Å². The molecule has 1 atom stereocenters. The van der Waals surface area contributed by atoms with Crippen LogP contribution < -0.4 is 10.6 Å². The van der Waals surface area contributed by atoms with Gasteiger partial charge in [-0.2, -0.15) is 0 Å². The molecule has 0 aromatic carbocycles. The van der Waals surface area contributed by atoms with Crippen LogP contribution in [0.2, 0.25) is 0 Å². The number of aliphatic carboxylic acids is 1. The number of carboxylic acid groups (broad SMARTS) is 1. The molecule has 0 bridgehead atoms. The normalized spacial score (nSPS) is 20.9. The van der Waals surface area contributed by atoms with Crippen molar-refractivity contribution in [1.29, 1.82) is 0 Å². The first-order chi connectivity index (χ1) is 14.8. The highest BCUT2D eigenvalue weighted by Crippen LogP contribution is 2.34. The van der Waals surface area contributed by atoms with E-state index in [0.29, 0.717) is 12.5 Å². The van der Waals surface area contributed by atoms with Crippen LogP contribution in [0.25, 0.3) is 0 Å². The predicted octanol–water partition coefficient (Wildman–Crippen LogP) is 3.06. The van der Waals surface area contributed by atoms with Crippen LogP contribution in [0.5, 0.6) is 0 Å². The van der Waals surface area contributed by atoms with E-state index in [1.807, 2.05) is 13.8 Å². The Balaban J connectivity index is 1.32. The van der Waals surface area contributed by atoms with Crippen molar-refractivity contribution in [2.45, 2.75) is 77.0 Å². The number of aromatic nitrogens is 1. The molecular weight excluding hydrogens is 396 g/mol. The molecule has 1 aromatic rings. The van der Waals surface area contributed by atoms with Crippen LogP contribution in [0.1, 0.15) is 57.2 Å². The summed E-state index contributed by atoms with van der Waals surface area (Å²) in [6.45, 7) is 5.10. The Morgan fingerprint density at radius 2 is 2.13 bits per heavy atom. The molecule has 2 aliphatic rings. The van der Waals surface area contributed by atoms with E-state index >= 15 is 0 Å². The van der Waals surface area contributed by atoms with Gasteiger partial charge >= 0.3 is 12.0 Å². The molecule has 8 heteroatoms. The van der Waals surface area contributed by atoms with Crippen molar-refractivity contribution in [2.75, 3.05) is 25.5 Å². The minimum Gasteiger partial charge on any atom is -0.480 e. The molecule has 1 fully saturated rings. The highest BCUT2D eigenvalue weighted by molar-refractivity contribution is 5.82. The lowest BCUT2D eigenvalue weighted by atomic mass is 9.79. The predicted molar refractivity (Wildman–Crippen MR) is 119 cm³/mol. The number of carboxylic acids is 1. The number of urea groups is 1. The van der Waals surface area contributed by atoms with Crippen molar-refractivity contribution in [3.8, 4) is 0 Å². The zero-order valence-electron chi connectivity index (χ0n) is 18.9. The fourth-order valence-corrected chi connectivity index (χ4v) is 4.00. The maximum Gasteiger partial charge on any atom is 0.326 e. The fraction of sp³-hybridized carbons (Fsp3) is 0.696. The number of carbonyl (C=O) groups excluding carboxylic acids is 1. The molecule has 1 aliphatic carbocycles. The van der Waals surface area contributed by atoms with Gasteiger partial charge in [-0.05, 0) is 69.9 Å². The van der Waals surface area contributed by atoms with E-state index in [0.717, 1.165) is 50.2 Å². The van der Waals surface area contributed by atoms with Crippen LogP contribution in [-0.2, 0) is 22.4 Å². The first kappa shape index (κ1) is 23.3. The molecule has 0 spiro atoms. The van der Waals surface area contributed by atoms with Gasteiger partial charge in [-0.3, -0.25) is 0 Å². The molecule has 0 saturated heterocycles. The molecule has 1 aliphatic heterocycles. The second-order valence-electron chi connectivity index (χ2n) is 9.04. The fourth-order valence-electron chi connectivity index (χ4n) is 4.00. The summed E-state index contributed by atoms with van der Waals surface area (Å²) in [5.41, 5.74) is 2.46. The molecule has 1 aromatic heterocycles. The zero-order valence-corrected chi connectivity index (χ0v) is 18.9. The van der Waals surface area contributed by atoms with Crippen LogP contribution >= 0.6 is 0 Å². The zero-order chi connectivity index (χ0) is 22.4. The molecule has 2 amide bonds. The Morgan fingerprint density at radius 3 is 2.84 bits per heavy atom. The molecule has 3 rings (SSSR count). The van der Waals surface area contributed by atoms with Crippen molar-refractivity contribution in [3.63, 3.8) is 0 Å². The molecule has 2 heterocycles. The summed E-state index contributed by atoms with van der Waals surface area (Å²) in [5, 5.41) is 15.3. The quantitative estimate of drug-likeness (QED) is 0.525. The van der Waals surface area contributed by atoms with Gasteiger partial charge < -0.3 is 25.4 Å². The van der Waals surface area contributed by atoms with Crippen molar-refractivity contribution >= 4 is 17.8 Å². The number of hydrogen-bond acceptors (Lipinski definition) is 5. The van der Waals surface area contributed by atoms with Gasteiger partial charge in [0, 0.05) is 38.4 Å². The van der Waals surface area contributed by atoms with Gasteiger partial charge in [0.05, 0.1) is 6.10 Å². The van der Waals surface area contributed by atoms with Crippen LogP contribution in [0.15, 0.2) is 12.1 Å². The average molecular weight is 433 g/mol. The first-order valence-electron chi connectivity index (χ1n) is 11.4. The van der Waals surface area contributed by atoms with Crippen molar-refractivity contribution in [2.24, 2.45) is 5.92 Å². The molecule has 3 N–H and O–H groups in total. The van der Waals surface area contributed by atoms with Gasteiger partial charge in [0.1, 0.15) is 11.9 Å². The molecule has 31 heavy (non-hydrogen) atoms. The lowest BCUT2D eigenvalue weighted by molar-refractivity contribution is -0.140. The van der Waals surface area contributed by atoms with Crippen LogP contribution in [0, 0.1) is 5.92 Å². The van der Waals surface area contributed by atoms with Gasteiger partial charge in [-0.15, -0.1) is 0 Å². The van der Waals surface area contributed by atoms with Crippen LogP contribution in [0.4, 0.5) is 10.6 Å². The Labute approximate surface area is 184 Å². The van der Waals surface area contributed by atoms with Crippen LogP contribution in [-0.4, -0.2) is 65.4 Å². The lowest BCUT2D eigenvalue weighted by Crippen LogP contribution is -2.49. The Morgan fingerprint density at radius 1 is 1.35 bits per heavy atom. The highest BCUT2D eigenvalue weighted by Gasteiger charge is 2.30. The monoisotopic (exact) mass is 432 g/mol. The maximum absolute atomic E-state index is 12.1. The lowest BCUT2D eigenvalue weighted by Gasteiger charge is -2.35. The number of aryl methyl sites for hydroxylation is 2. The average Bonchev–Trinajstić information content (AvgIpc) is 2.72. The molecular formula is C23H36N4O4. The number of ether oxygens (including phenoxy) is 1. The number of pyridine rings is 1. The smallest absolute Gasteiger partial charge is 0.326 e. The second-order valence-corrected chi connectivity index (χ2v) is 9.04. The highest BCUT2D eigenvalue weighted by atomic mass is 16.5. The minimum atomic E-state index is -1.03. The topological polar surface area (TPSA) is 104 Å². The number of amides is 2. The summed E-state index contributed by atoms with van der Waals surface area (Å²) in [6.07, 6.45) is 6.81. The van der Waals surface area contributed by atoms with E-state index in [-0.39, 0.29) is 24.6 Å². The minimum absolute atomic E-state index is 0.00498. The number of anilines is 1. The van der Waals surface area contributed by atoms with Gasteiger partial charge in [0.25, 0.3) is 0 Å². The maximum atomic E-state index is 12.1. The Kier molecular flexibility index (Phi) is 8.12. The third kappa shape index (κ3) is 6.56. The van der Waals surface area contributed by atoms with E-state index in [1.165, 1.54) is 16.9 Å². The summed E-state index contributed by atoms with van der Waals surface area (Å²) in [5.74, 6) is 0.649. The van der Waals surface area contributed by atoms with Gasteiger partial charge in [0.15, 0.2) is 0 Å². The molecule has 0 unspecified atom stereocenters. The number of fused-ring (bicyclic) bond motifs is 1. The number of nitrogens with zero attached hydrogens (tertiary/aromatic N) is 2. The number of rotatable bonds is 10. The summed E-state index contributed by atoms with van der Waals surface area (Å²) in [6, 6.07) is 3.04. The van der Waals surface area contributed by atoms with E-state index in [4.69, 9.17) is 9.72 Å². The molecule has 0 radical (unpaired) electrons. The van der Waals surface area contributed by atoms with E-state index in [1.54, 1.807) is 7.05 Å². The number of nitrogens with one attached hydrogen (secondary N) is 2. The number of hydrogen-bond donors (Lipinski definition) is 3. The summed E-state index contributed by atoms with van der Waals surface area (Å²) in [7, 11) is 1.65. The largest absolute Gasteiger partial charge is 0.480 e. The first-order valence-corrected chi connectivity index (χ1v) is 11.4.